The number of halogens is 1. The molecule has 0 radical (unpaired) electrons. The van der Waals surface area contributed by atoms with Gasteiger partial charge in [0.1, 0.15) is 0 Å². The maximum absolute atomic E-state index is 11.1. The van der Waals surface area contributed by atoms with Crippen LogP contribution in [0.4, 0.5) is 0 Å². The number of piperidine rings is 1. The number of hydrogen-bond acceptors (Lipinski definition) is 5. The van der Waals surface area contributed by atoms with E-state index in [0.717, 1.165) is 31.5 Å². The van der Waals surface area contributed by atoms with E-state index < -0.39 is 10.0 Å². The first kappa shape index (κ1) is 25.6. The molecule has 1 aromatic heterocycles. The molecule has 162 valence electrons. The van der Waals surface area contributed by atoms with Gasteiger partial charge in [0, 0.05) is 31.6 Å². The fourth-order valence-electron chi connectivity index (χ4n) is 3.20. The number of aliphatic imine (C=N–C) groups is 1. The SMILES string of the molecule is CN=C(NCCCNS(C)(=O)=O)NCC(c1cccs1)N1CCC(C)CC1.I. The van der Waals surface area contributed by atoms with Crippen molar-refractivity contribution >= 4 is 51.3 Å². The Bertz CT molecular complexity index is 674. The van der Waals surface area contributed by atoms with Crippen LogP contribution in [0.2, 0.25) is 0 Å². The third-order valence-electron chi connectivity index (χ3n) is 4.83. The fraction of sp³-hybridized carbons (Fsp3) is 0.722. The first-order valence-electron chi connectivity index (χ1n) is 9.55. The van der Waals surface area contributed by atoms with Crippen molar-refractivity contribution in [1.29, 1.82) is 0 Å². The highest BCUT2D eigenvalue weighted by Crippen LogP contribution is 2.28. The van der Waals surface area contributed by atoms with E-state index in [4.69, 9.17) is 0 Å². The number of likely N-dealkylation sites (tertiary alicyclic amines) is 1. The van der Waals surface area contributed by atoms with Gasteiger partial charge in [-0.25, -0.2) is 13.1 Å². The average molecular weight is 544 g/mol. The van der Waals surface area contributed by atoms with Crippen LogP contribution >= 0.6 is 35.3 Å². The first-order valence-corrected chi connectivity index (χ1v) is 12.3. The molecule has 0 aliphatic carbocycles. The zero-order valence-electron chi connectivity index (χ0n) is 17.0. The van der Waals surface area contributed by atoms with Gasteiger partial charge in [-0.1, -0.05) is 13.0 Å². The second kappa shape index (κ2) is 13.0. The number of nitrogens with zero attached hydrogens (tertiary/aromatic N) is 2. The zero-order valence-corrected chi connectivity index (χ0v) is 20.9. The quantitative estimate of drug-likeness (QED) is 0.193. The lowest BCUT2D eigenvalue weighted by atomic mass is 9.97. The van der Waals surface area contributed by atoms with Gasteiger partial charge in [0.15, 0.2) is 5.96 Å². The monoisotopic (exact) mass is 543 g/mol. The Morgan fingerprint density at radius 2 is 2.04 bits per heavy atom. The van der Waals surface area contributed by atoms with E-state index in [0.29, 0.717) is 25.6 Å². The van der Waals surface area contributed by atoms with Crippen molar-refractivity contribution in [2.24, 2.45) is 10.9 Å². The summed E-state index contributed by atoms with van der Waals surface area (Å²) in [4.78, 5) is 8.24. The highest BCUT2D eigenvalue weighted by atomic mass is 127. The van der Waals surface area contributed by atoms with E-state index >= 15 is 0 Å². The van der Waals surface area contributed by atoms with Gasteiger partial charge in [0.05, 0.1) is 12.3 Å². The minimum atomic E-state index is -3.12. The predicted octanol–water partition coefficient (Wildman–Crippen LogP) is 2.24. The zero-order chi connectivity index (χ0) is 19.7. The van der Waals surface area contributed by atoms with Crippen molar-refractivity contribution in [3.63, 3.8) is 0 Å². The molecular weight excluding hydrogens is 509 g/mol. The summed E-state index contributed by atoms with van der Waals surface area (Å²) in [5.74, 6) is 1.56. The molecule has 0 amide bonds. The van der Waals surface area contributed by atoms with Crippen LogP contribution in [0.25, 0.3) is 0 Å². The molecule has 0 aromatic carbocycles. The van der Waals surface area contributed by atoms with E-state index in [2.05, 4.69) is 49.7 Å². The highest BCUT2D eigenvalue weighted by Gasteiger charge is 2.25. The highest BCUT2D eigenvalue weighted by molar-refractivity contribution is 14.0. The molecule has 1 aliphatic heterocycles. The molecule has 0 saturated carbocycles. The van der Waals surface area contributed by atoms with Crippen LogP contribution < -0.4 is 15.4 Å². The Kier molecular flexibility index (Phi) is 11.9. The smallest absolute Gasteiger partial charge is 0.208 e. The molecule has 3 N–H and O–H groups in total. The van der Waals surface area contributed by atoms with E-state index in [1.165, 1.54) is 24.0 Å². The minimum absolute atomic E-state index is 0. The number of thiophene rings is 1. The Hall–Kier alpha value is -0.430. The average Bonchev–Trinajstić information content (AvgIpc) is 3.14. The van der Waals surface area contributed by atoms with Crippen molar-refractivity contribution in [3.8, 4) is 0 Å². The summed E-state index contributed by atoms with van der Waals surface area (Å²) in [6, 6.07) is 4.67. The third kappa shape index (κ3) is 9.38. The van der Waals surface area contributed by atoms with Gasteiger partial charge >= 0.3 is 0 Å². The van der Waals surface area contributed by atoms with E-state index in [1.807, 2.05) is 0 Å². The van der Waals surface area contributed by atoms with E-state index in [-0.39, 0.29) is 24.0 Å². The van der Waals surface area contributed by atoms with E-state index in [1.54, 1.807) is 18.4 Å². The van der Waals surface area contributed by atoms with Gasteiger partial charge in [-0.05, 0) is 49.7 Å². The molecule has 10 heteroatoms. The number of rotatable bonds is 9. The maximum Gasteiger partial charge on any atom is 0.208 e. The molecule has 1 saturated heterocycles. The van der Waals surface area contributed by atoms with E-state index in [9.17, 15) is 8.42 Å². The van der Waals surface area contributed by atoms with Crippen LogP contribution in [0.1, 0.15) is 37.1 Å². The van der Waals surface area contributed by atoms with Crippen molar-refractivity contribution in [3.05, 3.63) is 22.4 Å². The van der Waals surface area contributed by atoms with Gasteiger partial charge in [-0.2, -0.15) is 0 Å². The van der Waals surface area contributed by atoms with Gasteiger partial charge in [-0.15, -0.1) is 35.3 Å². The maximum atomic E-state index is 11.1. The molecule has 2 rings (SSSR count). The second-order valence-corrected chi connectivity index (χ2v) is 9.96. The molecule has 0 spiro atoms. The fourth-order valence-corrected chi connectivity index (χ4v) is 4.57. The van der Waals surface area contributed by atoms with Crippen LogP contribution in [0.3, 0.4) is 0 Å². The molecule has 1 atom stereocenters. The van der Waals surface area contributed by atoms with Crippen LogP contribution in [0.15, 0.2) is 22.5 Å². The Balaban J connectivity index is 0.00000392. The van der Waals surface area contributed by atoms with Crippen LogP contribution in [-0.4, -0.2) is 65.3 Å². The summed E-state index contributed by atoms with van der Waals surface area (Å²) >= 11 is 1.80. The van der Waals surface area contributed by atoms with Crippen LogP contribution in [0, 0.1) is 5.92 Å². The van der Waals surface area contributed by atoms with Crippen molar-refractivity contribution in [2.45, 2.75) is 32.2 Å². The standard InChI is InChI=1S/C18H33N5O2S2.HI/c1-15-7-11-23(12-8-15)16(17-6-4-13-26-17)14-21-18(19-2)20-9-5-10-22-27(3,24)25;/h4,6,13,15-16,22H,5,7-12,14H2,1-3H3,(H2,19,20,21);1H. The molecule has 1 unspecified atom stereocenters. The van der Waals surface area contributed by atoms with Gasteiger partial charge < -0.3 is 10.6 Å². The summed E-state index contributed by atoms with van der Waals surface area (Å²) in [7, 11) is -1.36. The first-order chi connectivity index (χ1) is 12.9. The molecule has 0 bridgehead atoms. The van der Waals surface area contributed by atoms with Crippen LogP contribution in [0.5, 0.6) is 0 Å². The predicted molar refractivity (Wildman–Crippen MR) is 129 cm³/mol. The number of nitrogens with one attached hydrogen (secondary N) is 3. The second-order valence-electron chi connectivity index (χ2n) is 7.15. The molecule has 1 fully saturated rings. The topological polar surface area (TPSA) is 85.8 Å². The number of guanidine groups is 1. The summed E-state index contributed by atoms with van der Waals surface area (Å²) in [5, 5.41) is 8.83. The van der Waals surface area contributed by atoms with Gasteiger partial charge in [-0.3, -0.25) is 9.89 Å². The lowest BCUT2D eigenvalue weighted by Gasteiger charge is -2.36. The summed E-state index contributed by atoms with van der Waals surface area (Å²) in [6.45, 7) is 6.49. The summed E-state index contributed by atoms with van der Waals surface area (Å²) in [6.07, 6.45) is 4.38. The Morgan fingerprint density at radius 1 is 1.32 bits per heavy atom. The number of hydrogen-bond donors (Lipinski definition) is 3. The molecule has 28 heavy (non-hydrogen) atoms. The Labute approximate surface area is 190 Å². The van der Waals surface area contributed by atoms with Crippen LogP contribution in [-0.2, 0) is 10.0 Å². The Morgan fingerprint density at radius 3 is 2.61 bits per heavy atom. The minimum Gasteiger partial charge on any atom is -0.356 e. The molecule has 1 aliphatic rings. The summed E-state index contributed by atoms with van der Waals surface area (Å²) < 4.78 is 24.6. The molecular formula is C18H34IN5O2S2. The molecule has 2 heterocycles. The molecule has 1 aromatic rings. The molecule has 7 nitrogen and oxygen atoms in total. The lowest BCUT2D eigenvalue weighted by molar-refractivity contribution is 0.140. The van der Waals surface area contributed by atoms with Crippen molar-refractivity contribution < 1.29 is 8.42 Å². The van der Waals surface area contributed by atoms with Crippen molar-refractivity contribution in [1.82, 2.24) is 20.3 Å². The summed E-state index contributed by atoms with van der Waals surface area (Å²) in [5.41, 5.74) is 0. The third-order valence-corrected chi connectivity index (χ3v) is 6.53. The number of sulfonamides is 1. The van der Waals surface area contributed by atoms with Gasteiger partial charge in [0.2, 0.25) is 10.0 Å². The normalized spacial score (nSPS) is 17.8. The van der Waals surface area contributed by atoms with Crippen molar-refractivity contribution in [2.75, 3.05) is 46.0 Å². The lowest BCUT2D eigenvalue weighted by Crippen LogP contribution is -2.45. The van der Waals surface area contributed by atoms with Gasteiger partial charge in [0.25, 0.3) is 0 Å². The largest absolute Gasteiger partial charge is 0.356 e.